The molecule has 0 aliphatic carbocycles. The summed E-state index contributed by atoms with van der Waals surface area (Å²) in [5.41, 5.74) is 8.98. The van der Waals surface area contributed by atoms with Crippen LogP contribution in [0.1, 0.15) is 12.1 Å². The van der Waals surface area contributed by atoms with Crippen molar-refractivity contribution in [1.82, 2.24) is 24.3 Å². The van der Waals surface area contributed by atoms with E-state index in [2.05, 4.69) is 21.2 Å². The van der Waals surface area contributed by atoms with E-state index in [9.17, 15) is 4.79 Å². The summed E-state index contributed by atoms with van der Waals surface area (Å²) in [6, 6.07) is 6.02. The number of aromatic nitrogens is 5. The van der Waals surface area contributed by atoms with Gasteiger partial charge in [-0.25, -0.2) is 4.98 Å². The molecule has 7 heteroatoms. The van der Waals surface area contributed by atoms with Crippen molar-refractivity contribution in [3.8, 4) is 11.4 Å². The average Bonchev–Trinajstić information content (AvgIpc) is 3.21. The lowest BCUT2D eigenvalue weighted by molar-refractivity contribution is 0.654. The number of hydrogen-bond donors (Lipinski definition) is 2. The Balaban J connectivity index is 2.07. The molecule has 0 unspecified atom stereocenters. The molecule has 4 rings (SSSR count). The van der Waals surface area contributed by atoms with Gasteiger partial charge in [0.05, 0.1) is 10.9 Å². The number of rotatable bonds is 4. The van der Waals surface area contributed by atoms with Crippen LogP contribution < -0.4 is 11.3 Å². The lowest BCUT2D eigenvalue weighted by Gasteiger charge is -2.12. The van der Waals surface area contributed by atoms with Crippen LogP contribution in [-0.2, 0) is 13.6 Å². The van der Waals surface area contributed by atoms with Crippen molar-refractivity contribution >= 4 is 21.8 Å². The van der Waals surface area contributed by atoms with Gasteiger partial charge < -0.3 is 14.9 Å². The number of pyridine rings is 1. The van der Waals surface area contributed by atoms with Crippen LogP contribution in [-0.4, -0.2) is 30.9 Å². The Morgan fingerprint density at radius 1 is 1.32 bits per heavy atom. The Labute approximate surface area is 144 Å². The van der Waals surface area contributed by atoms with Gasteiger partial charge in [0.25, 0.3) is 5.56 Å². The molecule has 7 nitrogen and oxygen atoms in total. The second-order valence-corrected chi connectivity index (χ2v) is 6.26. The predicted octanol–water partition coefficient (Wildman–Crippen LogP) is 1.94. The molecule has 25 heavy (non-hydrogen) atoms. The van der Waals surface area contributed by atoms with Gasteiger partial charge in [-0.15, -0.1) is 0 Å². The Bertz CT molecular complexity index is 1130. The summed E-state index contributed by atoms with van der Waals surface area (Å²) >= 11 is 0. The van der Waals surface area contributed by atoms with Crippen LogP contribution in [0, 0.1) is 6.92 Å². The first-order valence-electron chi connectivity index (χ1n) is 8.31. The fourth-order valence-electron chi connectivity index (χ4n) is 3.35. The van der Waals surface area contributed by atoms with E-state index in [1.54, 1.807) is 10.8 Å². The van der Waals surface area contributed by atoms with Crippen LogP contribution >= 0.6 is 0 Å². The summed E-state index contributed by atoms with van der Waals surface area (Å²) in [7, 11) is 1.96. The van der Waals surface area contributed by atoms with Crippen LogP contribution in [0.4, 0.5) is 0 Å². The topological polar surface area (TPSA) is 94.5 Å². The summed E-state index contributed by atoms with van der Waals surface area (Å²) in [4.78, 5) is 17.4. The molecule has 0 saturated carbocycles. The third-order valence-corrected chi connectivity index (χ3v) is 4.61. The Morgan fingerprint density at radius 2 is 2.16 bits per heavy atom. The van der Waals surface area contributed by atoms with Crippen molar-refractivity contribution in [3.05, 3.63) is 46.6 Å². The molecule has 1 aromatic carbocycles. The van der Waals surface area contributed by atoms with E-state index in [0.717, 1.165) is 34.4 Å². The first-order chi connectivity index (χ1) is 12.1. The highest BCUT2D eigenvalue weighted by Gasteiger charge is 2.16. The normalized spacial score (nSPS) is 11.6. The quantitative estimate of drug-likeness (QED) is 0.595. The first kappa shape index (κ1) is 15.6. The standard InChI is InChI=1S/C18H20N6O/c1-11-15-16(22-21-11)13-10-12(17-20-7-9-23(17)2)4-5-14(13)24(18(15)25)8-3-6-19/h4-5,7,9-10H,3,6,8,19H2,1-2H3,(H,21,22). The second-order valence-electron chi connectivity index (χ2n) is 6.26. The Hall–Kier alpha value is -2.93. The number of aryl methyl sites for hydroxylation is 3. The number of nitrogens with two attached hydrogens (primary N) is 1. The van der Waals surface area contributed by atoms with Crippen LogP contribution in [0.25, 0.3) is 33.2 Å². The number of H-pyrrole nitrogens is 1. The number of fused-ring (bicyclic) bond motifs is 3. The van der Waals surface area contributed by atoms with E-state index < -0.39 is 0 Å². The minimum Gasteiger partial charge on any atom is -0.334 e. The van der Waals surface area contributed by atoms with Gasteiger partial charge in [0.2, 0.25) is 0 Å². The summed E-state index contributed by atoms with van der Waals surface area (Å²) < 4.78 is 3.77. The van der Waals surface area contributed by atoms with Gasteiger partial charge in [0.1, 0.15) is 11.3 Å². The van der Waals surface area contributed by atoms with Gasteiger partial charge in [-0.05, 0) is 38.1 Å². The van der Waals surface area contributed by atoms with Crippen LogP contribution in [0.5, 0.6) is 0 Å². The first-order valence-corrected chi connectivity index (χ1v) is 8.31. The molecule has 128 valence electrons. The largest absolute Gasteiger partial charge is 0.334 e. The van der Waals surface area contributed by atoms with Gasteiger partial charge >= 0.3 is 0 Å². The molecule has 0 spiro atoms. The van der Waals surface area contributed by atoms with E-state index in [4.69, 9.17) is 5.73 Å². The van der Waals surface area contributed by atoms with Crippen LogP contribution in [0.3, 0.4) is 0 Å². The van der Waals surface area contributed by atoms with E-state index in [-0.39, 0.29) is 5.56 Å². The zero-order chi connectivity index (χ0) is 17.6. The third kappa shape index (κ3) is 2.35. The molecular formula is C18H20N6O. The highest BCUT2D eigenvalue weighted by molar-refractivity contribution is 6.05. The van der Waals surface area contributed by atoms with Crippen molar-refractivity contribution < 1.29 is 0 Å². The number of hydrogen-bond acceptors (Lipinski definition) is 4. The highest BCUT2D eigenvalue weighted by atomic mass is 16.1. The Kier molecular flexibility index (Phi) is 3.65. The molecule has 4 aromatic rings. The number of imidazole rings is 1. The van der Waals surface area contributed by atoms with Crippen LogP contribution in [0.2, 0.25) is 0 Å². The zero-order valence-corrected chi connectivity index (χ0v) is 14.3. The van der Waals surface area contributed by atoms with Crippen molar-refractivity contribution in [1.29, 1.82) is 0 Å². The zero-order valence-electron chi connectivity index (χ0n) is 14.3. The summed E-state index contributed by atoms with van der Waals surface area (Å²) in [5.74, 6) is 0.877. The molecule has 0 radical (unpaired) electrons. The average molecular weight is 336 g/mol. The number of nitrogens with one attached hydrogen (secondary N) is 1. The van der Waals surface area contributed by atoms with Crippen molar-refractivity contribution in [2.24, 2.45) is 12.8 Å². The van der Waals surface area contributed by atoms with Gasteiger partial charge in [-0.1, -0.05) is 0 Å². The minimum atomic E-state index is -0.0214. The van der Waals surface area contributed by atoms with E-state index in [1.165, 1.54) is 0 Å². The molecule has 3 heterocycles. The van der Waals surface area contributed by atoms with Crippen LogP contribution in [0.15, 0.2) is 35.4 Å². The maximum Gasteiger partial charge on any atom is 0.262 e. The summed E-state index contributed by atoms with van der Waals surface area (Å²) in [6.45, 7) is 3.01. The van der Waals surface area contributed by atoms with E-state index in [0.29, 0.717) is 24.0 Å². The van der Waals surface area contributed by atoms with E-state index in [1.807, 2.05) is 36.9 Å². The minimum absolute atomic E-state index is 0.0214. The molecule has 0 fully saturated rings. The predicted molar refractivity (Wildman–Crippen MR) is 98.5 cm³/mol. The third-order valence-electron chi connectivity index (χ3n) is 4.61. The fourth-order valence-corrected chi connectivity index (χ4v) is 3.35. The smallest absolute Gasteiger partial charge is 0.262 e. The molecule has 0 saturated heterocycles. The molecule has 0 aliphatic rings. The second kappa shape index (κ2) is 5.86. The Morgan fingerprint density at radius 3 is 2.88 bits per heavy atom. The number of nitrogens with zero attached hydrogens (tertiary/aromatic N) is 4. The van der Waals surface area contributed by atoms with Gasteiger partial charge in [0.15, 0.2) is 0 Å². The molecular weight excluding hydrogens is 316 g/mol. The lowest BCUT2D eigenvalue weighted by atomic mass is 10.1. The molecule has 0 amide bonds. The molecule has 0 aliphatic heterocycles. The monoisotopic (exact) mass is 336 g/mol. The highest BCUT2D eigenvalue weighted by Crippen LogP contribution is 2.27. The van der Waals surface area contributed by atoms with Crippen molar-refractivity contribution in [2.45, 2.75) is 19.9 Å². The van der Waals surface area contributed by atoms with Gasteiger partial charge in [-0.3, -0.25) is 9.89 Å². The summed E-state index contributed by atoms with van der Waals surface area (Å²) in [6.07, 6.45) is 4.44. The maximum absolute atomic E-state index is 12.9. The number of benzene rings is 1. The molecule has 0 bridgehead atoms. The van der Waals surface area contributed by atoms with Crippen molar-refractivity contribution in [3.63, 3.8) is 0 Å². The number of aromatic amines is 1. The molecule has 3 N–H and O–H groups in total. The van der Waals surface area contributed by atoms with E-state index >= 15 is 0 Å². The maximum atomic E-state index is 12.9. The van der Waals surface area contributed by atoms with Crippen molar-refractivity contribution in [2.75, 3.05) is 6.54 Å². The summed E-state index contributed by atoms with van der Waals surface area (Å²) in [5, 5.41) is 8.91. The lowest BCUT2D eigenvalue weighted by Crippen LogP contribution is -2.22. The van der Waals surface area contributed by atoms with Gasteiger partial charge in [-0.2, -0.15) is 5.10 Å². The fraction of sp³-hybridized carbons (Fsp3) is 0.278. The molecule has 0 atom stereocenters. The van der Waals surface area contributed by atoms with Gasteiger partial charge in [0, 0.05) is 42.6 Å². The molecule has 3 aromatic heterocycles. The SMILES string of the molecule is Cc1[nH]nc2c1c(=O)n(CCCN)c1ccc(-c3nccn3C)cc21.